The van der Waals surface area contributed by atoms with Crippen LogP contribution in [0.3, 0.4) is 0 Å². The lowest BCUT2D eigenvalue weighted by Crippen LogP contribution is -2.47. The Morgan fingerprint density at radius 3 is 2.81 bits per heavy atom. The molecule has 5 rings (SSSR count). The molecule has 192 valence electrons. The van der Waals surface area contributed by atoms with E-state index in [1.165, 1.54) is 6.20 Å². The number of ether oxygens (including phenoxy) is 3. The number of nitrogens with one attached hydrogen (secondary N) is 2. The molecular formula is C28H29N3O6. The molecule has 1 saturated heterocycles. The van der Waals surface area contributed by atoms with E-state index in [1.807, 2.05) is 36.4 Å². The van der Waals surface area contributed by atoms with E-state index in [0.29, 0.717) is 35.7 Å². The lowest BCUT2D eigenvalue weighted by Gasteiger charge is -2.37. The molecule has 2 aliphatic heterocycles. The Morgan fingerprint density at radius 1 is 1.16 bits per heavy atom. The molecule has 0 spiro atoms. The molecule has 0 saturated carbocycles. The molecule has 3 N–H and O–H groups in total. The summed E-state index contributed by atoms with van der Waals surface area (Å²) in [6, 6.07) is 16.4. The van der Waals surface area contributed by atoms with Crippen molar-refractivity contribution >= 4 is 17.5 Å². The Hall–Kier alpha value is -3.95. The molecule has 9 nitrogen and oxygen atoms in total. The summed E-state index contributed by atoms with van der Waals surface area (Å²) in [6.07, 6.45) is 2.51. The van der Waals surface area contributed by atoms with Gasteiger partial charge in [0.05, 0.1) is 31.8 Å². The highest BCUT2D eigenvalue weighted by atomic mass is 16.6. The second kappa shape index (κ2) is 11.0. The van der Waals surface area contributed by atoms with Gasteiger partial charge in [0.15, 0.2) is 0 Å². The minimum atomic E-state index is -0.563. The summed E-state index contributed by atoms with van der Waals surface area (Å²) >= 11 is 0. The number of benzene rings is 2. The third kappa shape index (κ3) is 5.42. The Morgan fingerprint density at radius 2 is 2.03 bits per heavy atom. The van der Waals surface area contributed by atoms with E-state index in [1.54, 1.807) is 31.5 Å². The number of fused-ring (bicyclic) bond motifs is 3. The van der Waals surface area contributed by atoms with E-state index < -0.39 is 6.10 Å². The Labute approximate surface area is 214 Å². The fraction of sp³-hybridized carbons (Fsp3) is 0.321. The van der Waals surface area contributed by atoms with Crippen LogP contribution in [0.1, 0.15) is 40.2 Å². The van der Waals surface area contributed by atoms with Crippen LogP contribution in [0.15, 0.2) is 67.0 Å². The van der Waals surface area contributed by atoms with Crippen LogP contribution in [0.4, 0.5) is 5.69 Å². The van der Waals surface area contributed by atoms with Crippen LogP contribution in [0.25, 0.3) is 0 Å². The lowest BCUT2D eigenvalue weighted by atomic mass is 9.84. The van der Waals surface area contributed by atoms with Gasteiger partial charge in [0.25, 0.3) is 5.91 Å². The Balaban J connectivity index is 1.26. The van der Waals surface area contributed by atoms with Crippen LogP contribution < -0.4 is 20.1 Å². The van der Waals surface area contributed by atoms with Gasteiger partial charge < -0.3 is 30.0 Å². The zero-order chi connectivity index (χ0) is 25.8. The van der Waals surface area contributed by atoms with Crippen molar-refractivity contribution in [2.24, 2.45) is 0 Å². The number of aliphatic hydroxyl groups excluding tert-OH is 1. The van der Waals surface area contributed by atoms with Crippen molar-refractivity contribution in [1.29, 1.82) is 0 Å². The summed E-state index contributed by atoms with van der Waals surface area (Å²) in [7, 11) is 1.60. The van der Waals surface area contributed by atoms with Gasteiger partial charge in [-0.05, 0) is 42.8 Å². The van der Waals surface area contributed by atoms with Crippen molar-refractivity contribution in [2.45, 2.75) is 43.6 Å². The number of hydrogen-bond acceptors (Lipinski definition) is 7. The first-order chi connectivity index (χ1) is 18.1. The van der Waals surface area contributed by atoms with Crippen LogP contribution in [-0.2, 0) is 16.1 Å². The summed E-state index contributed by atoms with van der Waals surface area (Å²) < 4.78 is 17.5. The van der Waals surface area contributed by atoms with E-state index in [-0.39, 0.29) is 43.0 Å². The Kier molecular flexibility index (Phi) is 7.34. The zero-order valence-electron chi connectivity index (χ0n) is 20.4. The number of pyridine rings is 1. The highest BCUT2D eigenvalue weighted by Gasteiger charge is 2.46. The van der Waals surface area contributed by atoms with Crippen LogP contribution >= 0.6 is 0 Å². The predicted molar refractivity (Wildman–Crippen MR) is 136 cm³/mol. The number of methoxy groups -OCH3 is 1. The first-order valence-electron chi connectivity index (χ1n) is 12.2. The molecule has 0 unspecified atom stereocenters. The maximum Gasteiger partial charge on any atom is 0.257 e. The predicted octanol–water partition coefficient (Wildman–Crippen LogP) is 3.04. The molecule has 4 atom stereocenters. The van der Waals surface area contributed by atoms with Crippen molar-refractivity contribution in [2.75, 3.05) is 19.0 Å². The molecule has 0 aliphatic carbocycles. The van der Waals surface area contributed by atoms with Crippen LogP contribution in [0.5, 0.6) is 11.5 Å². The normalized spacial score (nSPS) is 21.8. The molecule has 0 radical (unpaired) electrons. The van der Waals surface area contributed by atoms with E-state index in [0.717, 1.165) is 11.1 Å². The van der Waals surface area contributed by atoms with Gasteiger partial charge in [0.1, 0.15) is 23.7 Å². The van der Waals surface area contributed by atoms with Gasteiger partial charge in [-0.25, -0.2) is 0 Å². The fourth-order valence-electron chi connectivity index (χ4n) is 4.99. The van der Waals surface area contributed by atoms with Gasteiger partial charge in [-0.1, -0.05) is 18.2 Å². The lowest BCUT2D eigenvalue weighted by molar-refractivity contribution is -0.142. The minimum Gasteiger partial charge on any atom is -0.496 e. The van der Waals surface area contributed by atoms with Gasteiger partial charge in [0.2, 0.25) is 5.91 Å². The number of para-hydroxylation sites is 1. The summed E-state index contributed by atoms with van der Waals surface area (Å²) in [4.78, 5) is 29.3. The summed E-state index contributed by atoms with van der Waals surface area (Å²) in [5, 5.41) is 15.8. The highest BCUT2D eigenvalue weighted by Crippen LogP contribution is 2.47. The van der Waals surface area contributed by atoms with Crippen LogP contribution in [0, 0.1) is 0 Å². The number of carbonyl (C=O) groups is 2. The number of rotatable bonds is 8. The molecule has 2 aromatic carbocycles. The minimum absolute atomic E-state index is 0.0804. The van der Waals surface area contributed by atoms with Crippen LogP contribution in [0.2, 0.25) is 0 Å². The van der Waals surface area contributed by atoms with E-state index in [4.69, 9.17) is 14.2 Å². The van der Waals surface area contributed by atoms with Gasteiger partial charge >= 0.3 is 0 Å². The molecule has 3 heterocycles. The summed E-state index contributed by atoms with van der Waals surface area (Å²) in [5.74, 6) is 0.919. The number of carbonyl (C=O) groups excluding carboxylic acids is 2. The smallest absolute Gasteiger partial charge is 0.257 e. The summed E-state index contributed by atoms with van der Waals surface area (Å²) in [5.41, 5.74) is 2.91. The monoisotopic (exact) mass is 503 g/mol. The highest BCUT2D eigenvalue weighted by molar-refractivity contribution is 6.04. The molecule has 2 amide bonds. The van der Waals surface area contributed by atoms with Crippen molar-refractivity contribution in [3.63, 3.8) is 0 Å². The molecule has 2 aliphatic rings. The van der Waals surface area contributed by atoms with Gasteiger partial charge in [0, 0.05) is 41.7 Å². The molecule has 1 fully saturated rings. The second-order valence-corrected chi connectivity index (χ2v) is 9.14. The third-order valence-corrected chi connectivity index (χ3v) is 6.76. The Bertz CT molecular complexity index is 1270. The SMILES string of the molecule is COc1ccccc1CNC(=O)C[C@H]1C[C@@H]2c3cc(NC(=O)c4cccnc4)ccc3O[C@@H]2[C@H](CO)O1. The first-order valence-corrected chi connectivity index (χ1v) is 12.2. The van der Waals surface area contributed by atoms with Crippen molar-refractivity contribution in [3.8, 4) is 11.5 Å². The average molecular weight is 504 g/mol. The average Bonchev–Trinajstić information content (AvgIpc) is 3.30. The number of aliphatic hydroxyl groups is 1. The van der Waals surface area contributed by atoms with Crippen molar-refractivity contribution in [3.05, 3.63) is 83.7 Å². The van der Waals surface area contributed by atoms with Gasteiger partial charge in [-0.3, -0.25) is 14.6 Å². The molecule has 9 heteroatoms. The van der Waals surface area contributed by atoms with Crippen molar-refractivity contribution < 1.29 is 28.9 Å². The van der Waals surface area contributed by atoms with E-state index in [9.17, 15) is 14.7 Å². The van der Waals surface area contributed by atoms with E-state index >= 15 is 0 Å². The number of aromatic nitrogens is 1. The number of nitrogens with zero attached hydrogens (tertiary/aromatic N) is 1. The number of anilines is 1. The molecular weight excluding hydrogens is 474 g/mol. The quantitative estimate of drug-likeness (QED) is 0.432. The van der Waals surface area contributed by atoms with Crippen molar-refractivity contribution in [1.82, 2.24) is 10.3 Å². The molecule has 0 bridgehead atoms. The fourth-order valence-corrected chi connectivity index (χ4v) is 4.99. The zero-order valence-corrected chi connectivity index (χ0v) is 20.4. The molecule has 1 aromatic heterocycles. The maximum absolute atomic E-state index is 12.7. The molecule has 3 aromatic rings. The van der Waals surface area contributed by atoms with E-state index in [2.05, 4.69) is 15.6 Å². The van der Waals surface area contributed by atoms with Gasteiger partial charge in [-0.2, -0.15) is 0 Å². The summed E-state index contributed by atoms with van der Waals surface area (Å²) in [6.45, 7) is 0.121. The number of hydrogen-bond donors (Lipinski definition) is 3. The third-order valence-electron chi connectivity index (χ3n) is 6.76. The first kappa shape index (κ1) is 24.7. The molecule has 37 heavy (non-hydrogen) atoms. The maximum atomic E-state index is 12.7. The van der Waals surface area contributed by atoms with Gasteiger partial charge in [-0.15, -0.1) is 0 Å². The largest absolute Gasteiger partial charge is 0.496 e. The standard InChI is InChI=1S/C28H29N3O6/c1-35-23-7-3-2-5-17(23)15-30-26(33)13-20-12-22-21-11-19(31-28(34)18-6-4-10-29-14-18)8-9-24(21)37-27(22)25(16-32)36-20/h2-11,14,20,22,25,27,32H,12-13,15-16H2,1H3,(H,30,33)(H,31,34)/t20-,22-,25+,27+/m1/s1. The number of amides is 2. The topological polar surface area (TPSA) is 119 Å². The van der Waals surface area contributed by atoms with Crippen LogP contribution in [-0.4, -0.2) is 53.9 Å². The second-order valence-electron chi connectivity index (χ2n) is 9.14.